The highest BCUT2D eigenvalue weighted by molar-refractivity contribution is 5.80. The van der Waals surface area contributed by atoms with E-state index in [1.807, 2.05) is 20.8 Å². The van der Waals surface area contributed by atoms with Gasteiger partial charge in [0.05, 0.1) is 0 Å². The molecular weight excluding hydrogens is 252 g/mol. The van der Waals surface area contributed by atoms with Crippen LogP contribution in [0.5, 0.6) is 5.75 Å². The first kappa shape index (κ1) is 16.5. The largest absolute Gasteiger partial charge is 0.480 e. The highest BCUT2D eigenvalue weighted by Gasteiger charge is 2.16. The smallest absolute Gasteiger partial charge is 0.260 e. The summed E-state index contributed by atoms with van der Waals surface area (Å²) in [7, 11) is 0. The molecule has 0 saturated carbocycles. The lowest BCUT2D eigenvalue weighted by Crippen LogP contribution is -2.36. The molecule has 0 heterocycles. The van der Waals surface area contributed by atoms with E-state index in [-0.39, 0.29) is 5.91 Å². The predicted molar refractivity (Wildman–Crippen MR) is 82.1 cm³/mol. The average molecular weight is 278 g/mol. The molecule has 1 unspecified atom stereocenters. The summed E-state index contributed by atoms with van der Waals surface area (Å²) in [5, 5.41) is 6.08. The molecule has 4 nitrogen and oxygen atoms in total. The second kappa shape index (κ2) is 7.90. The molecule has 2 N–H and O–H groups in total. The molecule has 0 aliphatic rings. The van der Waals surface area contributed by atoms with E-state index in [1.165, 1.54) is 5.56 Å². The fourth-order valence-electron chi connectivity index (χ4n) is 2.15. The summed E-state index contributed by atoms with van der Waals surface area (Å²) in [6.07, 6.45) is -0.480. The number of likely N-dealkylation sites (N-methyl/N-ethyl adjacent to an activating group) is 1. The lowest BCUT2D eigenvalue weighted by Gasteiger charge is -2.18. The summed E-state index contributed by atoms with van der Waals surface area (Å²) in [4.78, 5) is 11.7. The zero-order valence-corrected chi connectivity index (χ0v) is 13.2. The van der Waals surface area contributed by atoms with Crippen molar-refractivity contribution >= 4 is 5.91 Å². The van der Waals surface area contributed by atoms with Crippen molar-refractivity contribution in [1.29, 1.82) is 0 Å². The zero-order chi connectivity index (χ0) is 15.1. The summed E-state index contributed by atoms with van der Waals surface area (Å²) in [6, 6.07) is 4.21. The predicted octanol–water partition coefficient (Wildman–Crippen LogP) is 2.32. The molecule has 0 aliphatic heterocycles. The third-order valence-electron chi connectivity index (χ3n) is 3.11. The average Bonchev–Trinajstić information content (AvgIpc) is 2.40. The Kier molecular flexibility index (Phi) is 6.52. The number of amides is 1. The van der Waals surface area contributed by atoms with Crippen molar-refractivity contribution in [1.82, 2.24) is 10.6 Å². The van der Waals surface area contributed by atoms with Gasteiger partial charge in [-0.25, -0.2) is 0 Å². The molecule has 1 atom stereocenters. The van der Waals surface area contributed by atoms with Crippen molar-refractivity contribution < 1.29 is 9.53 Å². The molecule has 1 aromatic carbocycles. The number of ether oxygens (including phenoxy) is 1. The molecule has 4 heteroatoms. The maximum atomic E-state index is 11.7. The maximum Gasteiger partial charge on any atom is 0.260 e. The van der Waals surface area contributed by atoms with Gasteiger partial charge in [0.25, 0.3) is 5.91 Å². The Morgan fingerprint density at radius 2 is 1.80 bits per heavy atom. The van der Waals surface area contributed by atoms with Crippen LogP contribution < -0.4 is 15.4 Å². The van der Waals surface area contributed by atoms with Gasteiger partial charge >= 0.3 is 0 Å². The summed E-state index contributed by atoms with van der Waals surface area (Å²) < 4.78 is 5.82. The van der Waals surface area contributed by atoms with Gasteiger partial charge in [-0.3, -0.25) is 4.79 Å². The molecule has 0 fully saturated rings. The normalized spacial score (nSPS) is 12.1. The van der Waals surface area contributed by atoms with E-state index in [0.717, 1.165) is 30.0 Å². The SMILES string of the molecule is CCNCc1cc(C)c(OC(C)C(=O)NCC)c(C)c1. The number of benzene rings is 1. The van der Waals surface area contributed by atoms with Gasteiger partial charge in [0.15, 0.2) is 6.10 Å². The molecular formula is C16H26N2O2. The van der Waals surface area contributed by atoms with Crippen molar-refractivity contribution in [3.05, 3.63) is 28.8 Å². The number of carbonyl (C=O) groups excluding carboxylic acids is 1. The molecule has 0 spiro atoms. The fraction of sp³-hybridized carbons (Fsp3) is 0.562. The number of aryl methyl sites for hydroxylation is 2. The van der Waals surface area contributed by atoms with Crippen molar-refractivity contribution in [3.63, 3.8) is 0 Å². The van der Waals surface area contributed by atoms with Crippen molar-refractivity contribution in [3.8, 4) is 5.75 Å². The van der Waals surface area contributed by atoms with Gasteiger partial charge < -0.3 is 15.4 Å². The van der Waals surface area contributed by atoms with E-state index in [4.69, 9.17) is 4.74 Å². The van der Waals surface area contributed by atoms with E-state index >= 15 is 0 Å². The van der Waals surface area contributed by atoms with E-state index in [0.29, 0.717) is 6.54 Å². The Labute approximate surface area is 121 Å². The van der Waals surface area contributed by atoms with Gasteiger partial charge in [0.2, 0.25) is 0 Å². The van der Waals surface area contributed by atoms with Crippen molar-refractivity contribution in [2.24, 2.45) is 0 Å². The summed E-state index contributed by atoms with van der Waals surface area (Å²) in [6.45, 7) is 12.2. The third-order valence-corrected chi connectivity index (χ3v) is 3.11. The Balaban J connectivity index is 2.83. The summed E-state index contributed by atoms with van der Waals surface area (Å²) in [5.74, 6) is 0.729. The first-order valence-corrected chi connectivity index (χ1v) is 7.24. The van der Waals surface area contributed by atoms with Gasteiger partial charge in [-0.05, 0) is 50.9 Å². The standard InChI is InChI=1S/C16H26N2O2/c1-6-17-10-14-8-11(3)15(12(4)9-14)20-13(5)16(19)18-7-2/h8-9,13,17H,6-7,10H2,1-5H3,(H,18,19). The van der Waals surface area contributed by atoms with Gasteiger partial charge in [0.1, 0.15) is 5.75 Å². The van der Waals surface area contributed by atoms with Crippen LogP contribution in [-0.4, -0.2) is 25.1 Å². The van der Waals surface area contributed by atoms with E-state index in [1.54, 1.807) is 6.92 Å². The molecule has 112 valence electrons. The monoisotopic (exact) mass is 278 g/mol. The molecule has 0 radical (unpaired) electrons. The number of hydrogen-bond donors (Lipinski definition) is 2. The molecule has 0 aromatic heterocycles. The quantitative estimate of drug-likeness (QED) is 0.805. The Bertz CT molecular complexity index is 435. The molecule has 0 bridgehead atoms. The number of rotatable bonds is 7. The number of hydrogen-bond acceptors (Lipinski definition) is 3. The highest BCUT2D eigenvalue weighted by atomic mass is 16.5. The van der Waals surface area contributed by atoms with Gasteiger partial charge in [0, 0.05) is 13.1 Å². The third kappa shape index (κ3) is 4.53. The summed E-state index contributed by atoms with van der Waals surface area (Å²) in [5.41, 5.74) is 3.36. The first-order chi connectivity index (χ1) is 9.49. The van der Waals surface area contributed by atoms with E-state index < -0.39 is 6.10 Å². The first-order valence-electron chi connectivity index (χ1n) is 7.24. The lowest BCUT2D eigenvalue weighted by atomic mass is 10.1. The van der Waals surface area contributed by atoms with Crippen LogP contribution in [-0.2, 0) is 11.3 Å². The number of nitrogens with one attached hydrogen (secondary N) is 2. The van der Waals surface area contributed by atoms with Gasteiger partial charge in [-0.2, -0.15) is 0 Å². The minimum Gasteiger partial charge on any atom is -0.480 e. The van der Waals surface area contributed by atoms with Gasteiger partial charge in [-0.15, -0.1) is 0 Å². The van der Waals surface area contributed by atoms with Crippen LogP contribution >= 0.6 is 0 Å². The second-order valence-electron chi connectivity index (χ2n) is 4.99. The second-order valence-corrected chi connectivity index (χ2v) is 4.99. The van der Waals surface area contributed by atoms with Crippen LogP contribution in [0, 0.1) is 13.8 Å². The Morgan fingerprint density at radius 3 is 2.30 bits per heavy atom. The summed E-state index contributed by atoms with van der Waals surface area (Å²) >= 11 is 0. The van der Waals surface area contributed by atoms with E-state index in [9.17, 15) is 4.79 Å². The van der Waals surface area contributed by atoms with Crippen LogP contribution in [0.1, 0.15) is 37.5 Å². The molecule has 1 amide bonds. The van der Waals surface area contributed by atoms with Gasteiger partial charge in [-0.1, -0.05) is 19.1 Å². The molecule has 20 heavy (non-hydrogen) atoms. The van der Waals surface area contributed by atoms with Crippen LogP contribution in [0.2, 0.25) is 0 Å². The van der Waals surface area contributed by atoms with Crippen molar-refractivity contribution in [2.45, 2.75) is 47.3 Å². The van der Waals surface area contributed by atoms with Crippen LogP contribution in [0.4, 0.5) is 0 Å². The van der Waals surface area contributed by atoms with Crippen LogP contribution in [0.15, 0.2) is 12.1 Å². The highest BCUT2D eigenvalue weighted by Crippen LogP contribution is 2.26. The Morgan fingerprint density at radius 1 is 1.20 bits per heavy atom. The lowest BCUT2D eigenvalue weighted by molar-refractivity contribution is -0.127. The molecule has 1 aromatic rings. The molecule has 0 saturated heterocycles. The number of carbonyl (C=O) groups is 1. The van der Waals surface area contributed by atoms with E-state index in [2.05, 4.69) is 29.7 Å². The molecule has 1 rings (SSSR count). The minimum absolute atomic E-state index is 0.0805. The maximum absolute atomic E-state index is 11.7. The molecule has 0 aliphatic carbocycles. The minimum atomic E-state index is -0.480. The Hall–Kier alpha value is -1.55. The fourth-order valence-corrected chi connectivity index (χ4v) is 2.15. The van der Waals surface area contributed by atoms with Crippen LogP contribution in [0.3, 0.4) is 0 Å². The van der Waals surface area contributed by atoms with Crippen molar-refractivity contribution in [2.75, 3.05) is 13.1 Å². The topological polar surface area (TPSA) is 50.4 Å². The van der Waals surface area contributed by atoms with Crippen LogP contribution in [0.25, 0.3) is 0 Å². The zero-order valence-electron chi connectivity index (χ0n) is 13.2.